The third kappa shape index (κ3) is 786. The number of carbonyl (C=O) groups excluding carboxylic acids is 1. The lowest BCUT2D eigenvalue weighted by atomic mass is 10.6. The summed E-state index contributed by atoms with van der Waals surface area (Å²) >= 11 is 4.09. The van der Waals surface area contributed by atoms with Gasteiger partial charge in [0.05, 0.1) is 0 Å². The zero-order valence-corrected chi connectivity index (χ0v) is 5.57. The molecule has 0 rings (SSSR count). The van der Waals surface area contributed by atoms with Gasteiger partial charge in [0.25, 0.3) is 0 Å². The van der Waals surface area contributed by atoms with E-state index in [1.54, 1.807) is 0 Å². The molecule has 0 aromatic heterocycles. The van der Waals surface area contributed by atoms with Crippen molar-refractivity contribution in [2.45, 2.75) is 13.3 Å². The van der Waals surface area contributed by atoms with Crippen LogP contribution in [0.1, 0.15) is 13.3 Å². The topological polar surface area (TPSA) is 69.1 Å². The van der Waals surface area contributed by atoms with Crippen LogP contribution in [0.4, 0.5) is 0 Å². The van der Waals surface area contributed by atoms with Crippen molar-refractivity contribution < 1.29 is 4.79 Å². The van der Waals surface area contributed by atoms with Gasteiger partial charge >= 0.3 is 0 Å². The number of aldehydes is 1. The van der Waals surface area contributed by atoms with Gasteiger partial charge < -0.3 is 16.3 Å². The molecular formula is C4H10N2OS. The minimum absolute atomic E-state index is 0.000000000000000222. The van der Waals surface area contributed by atoms with Crippen molar-refractivity contribution in [1.29, 1.82) is 0 Å². The highest BCUT2D eigenvalue weighted by atomic mass is 32.1. The van der Waals surface area contributed by atoms with E-state index in [9.17, 15) is 4.79 Å². The Hall–Kier alpha value is -0.640. The van der Waals surface area contributed by atoms with Crippen LogP contribution in [0, 0.1) is 0 Å². The van der Waals surface area contributed by atoms with E-state index < -0.39 is 0 Å². The van der Waals surface area contributed by atoms with Gasteiger partial charge in [0.15, 0.2) is 5.11 Å². The average Bonchev–Trinajstić information content (AvgIpc) is 1.65. The second-order valence-electron chi connectivity index (χ2n) is 0.977. The van der Waals surface area contributed by atoms with Crippen LogP contribution in [0.25, 0.3) is 0 Å². The van der Waals surface area contributed by atoms with Crippen LogP contribution in [0.5, 0.6) is 0 Å². The summed E-state index contributed by atoms with van der Waals surface area (Å²) in [4.78, 5) is 9.17. The Labute approximate surface area is 54.0 Å². The first-order valence-corrected chi connectivity index (χ1v) is 2.54. The van der Waals surface area contributed by atoms with E-state index in [1.165, 1.54) is 0 Å². The molecule has 0 saturated heterocycles. The molecule has 4 heteroatoms. The molecule has 0 aliphatic rings. The molecule has 0 aromatic rings. The Kier molecular flexibility index (Phi) is 12.5. The first-order chi connectivity index (χ1) is 3.65. The van der Waals surface area contributed by atoms with Gasteiger partial charge in [-0.15, -0.1) is 0 Å². The van der Waals surface area contributed by atoms with Crippen LogP contribution in [0.15, 0.2) is 0 Å². The summed E-state index contributed by atoms with van der Waals surface area (Å²) in [5.74, 6) is 0. The second-order valence-corrected chi connectivity index (χ2v) is 1.45. The maximum absolute atomic E-state index is 9.17. The van der Waals surface area contributed by atoms with Crippen molar-refractivity contribution >= 4 is 23.6 Å². The minimum atomic E-state index is 0.000000000000000222. The van der Waals surface area contributed by atoms with Gasteiger partial charge in [-0.2, -0.15) is 0 Å². The summed E-state index contributed by atoms with van der Waals surface area (Å²) in [6.07, 6.45) is 1.51. The van der Waals surface area contributed by atoms with Gasteiger partial charge in [0, 0.05) is 6.42 Å². The highest BCUT2D eigenvalue weighted by Crippen LogP contribution is 1.53. The molecule has 48 valence electrons. The molecule has 0 fully saturated rings. The highest BCUT2D eigenvalue weighted by Gasteiger charge is 1.53. The lowest BCUT2D eigenvalue weighted by Gasteiger charge is -1.68. The fourth-order valence-corrected chi connectivity index (χ4v) is 0. The van der Waals surface area contributed by atoms with Crippen LogP contribution in [0.2, 0.25) is 0 Å². The zero-order valence-electron chi connectivity index (χ0n) is 4.76. The molecule has 0 bridgehead atoms. The molecule has 0 spiro atoms. The largest absolute Gasteiger partial charge is 0.377 e. The summed E-state index contributed by atoms with van der Waals surface area (Å²) < 4.78 is 0. The first-order valence-electron chi connectivity index (χ1n) is 2.13. The third-order valence-electron chi connectivity index (χ3n) is 0.167. The first kappa shape index (κ1) is 10.4. The van der Waals surface area contributed by atoms with Gasteiger partial charge in [-0.25, -0.2) is 0 Å². The van der Waals surface area contributed by atoms with Crippen molar-refractivity contribution in [3.8, 4) is 0 Å². The molecule has 0 radical (unpaired) electrons. The van der Waals surface area contributed by atoms with Gasteiger partial charge in [0.1, 0.15) is 6.29 Å². The van der Waals surface area contributed by atoms with Crippen LogP contribution in [-0.2, 0) is 4.79 Å². The molecule has 0 unspecified atom stereocenters. The lowest BCUT2D eigenvalue weighted by molar-refractivity contribution is -0.107. The van der Waals surface area contributed by atoms with Crippen LogP contribution >= 0.6 is 12.2 Å². The molecular weight excluding hydrogens is 124 g/mol. The van der Waals surface area contributed by atoms with Crippen LogP contribution in [-0.4, -0.2) is 11.4 Å². The maximum atomic E-state index is 9.17. The number of thiocarbonyl (C=S) groups is 1. The monoisotopic (exact) mass is 134 g/mol. The summed E-state index contributed by atoms with van der Waals surface area (Å²) in [7, 11) is 0. The van der Waals surface area contributed by atoms with E-state index in [4.69, 9.17) is 0 Å². The number of hydrogen-bond acceptors (Lipinski definition) is 2. The van der Waals surface area contributed by atoms with E-state index in [2.05, 4.69) is 23.7 Å². The van der Waals surface area contributed by atoms with Gasteiger partial charge in [-0.1, -0.05) is 6.92 Å². The normalized spacial score (nSPS) is 6.12. The van der Waals surface area contributed by atoms with E-state index in [-0.39, 0.29) is 5.11 Å². The number of nitrogens with two attached hydrogens (primary N) is 2. The summed E-state index contributed by atoms with van der Waals surface area (Å²) in [5.41, 5.74) is 9.24. The highest BCUT2D eigenvalue weighted by molar-refractivity contribution is 7.80. The zero-order chi connectivity index (χ0) is 6.99. The smallest absolute Gasteiger partial charge is 0.160 e. The Morgan fingerprint density at radius 2 is 1.88 bits per heavy atom. The SMILES string of the molecule is CCC=O.NC(N)=S. The molecule has 0 aromatic carbocycles. The Bertz CT molecular complexity index is 70.4. The van der Waals surface area contributed by atoms with Gasteiger partial charge in [0.2, 0.25) is 0 Å². The number of hydrogen-bond donors (Lipinski definition) is 2. The Balaban J connectivity index is 0. The standard InChI is InChI=1S/C3H6O.CH4N2S/c1-2-3-4;2-1(3)4/h3H,2H2,1H3;(H4,2,3,4). The molecule has 0 amide bonds. The van der Waals surface area contributed by atoms with Crippen molar-refractivity contribution in [2.24, 2.45) is 11.5 Å². The molecule has 0 aliphatic carbocycles. The van der Waals surface area contributed by atoms with Crippen molar-refractivity contribution in [1.82, 2.24) is 0 Å². The molecule has 4 N–H and O–H groups in total. The quantitative estimate of drug-likeness (QED) is 0.384. The molecule has 0 aliphatic heterocycles. The second kappa shape index (κ2) is 9.61. The molecule has 8 heavy (non-hydrogen) atoms. The fourth-order valence-electron chi connectivity index (χ4n) is 0. The lowest BCUT2D eigenvalue weighted by Crippen LogP contribution is -2.18. The minimum Gasteiger partial charge on any atom is -0.377 e. The summed E-state index contributed by atoms with van der Waals surface area (Å²) in [6, 6.07) is 0. The molecule has 0 atom stereocenters. The summed E-state index contributed by atoms with van der Waals surface area (Å²) in [5, 5.41) is 0.000000000000000222. The van der Waals surface area contributed by atoms with E-state index >= 15 is 0 Å². The van der Waals surface area contributed by atoms with Crippen LogP contribution in [0.3, 0.4) is 0 Å². The molecule has 0 heterocycles. The Morgan fingerprint density at radius 3 is 1.88 bits per heavy atom. The van der Waals surface area contributed by atoms with Crippen LogP contribution < -0.4 is 11.5 Å². The van der Waals surface area contributed by atoms with Gasteiger partial charge in [-0.3, -0.25) is 0 Å². The number of carbonyl (C=O) groups is 1. The number of rotatable bonds is 1. The molecule has 3 nitrogen and oxygen atoms in total. The van der Waals surface area contributed by atoms with Crippen molar-refractivity contribution in [3.05, 3.63) is 0 Å². The third-order valence-corrected chi connectivity index (χ3v) is 0.167. The predicted octanol–water partition coefficient (Wildman–Crippen LogP) is -0.216. The van der Waals surface area contributed by atoms with Crippen molar-refractivity contribution in [3.63, 3.8) is 0 Å². The predicted molar refractivity (Wildman–Crippen MR) is 37.3 cm³/mol. The summed E-state index contributed by atoms with van der Waals surface area (Å²) in [6.45, 7) is 1.81. The van der Waals surface area contributed by atoms with Gasteiger partial charge in [-0.05, 0) is 12.2 Å². The van der Waals surface area contributed by atoms with E-state index in [0.29, 0.717) is 6.42 Å². The molecule has 0 saturated carbocycles. The fraction of sp³-hybridized carbons (Fsp3) is 0.500. The Morgan fingerprint density at radius 1 is 1.75 bits per heavy atom. The van der Waals surface area contributed by atoms with E-state index in [1.807, 2.05) is 6.92 Å². The maximum Gasteiger partial charge on any atom is 0.160 e. The van der Waals surface area contributed by atoms with Crippen molar-refractivity contribution in [2.75, 3.05) is 0 Å². The average molecular weight is 134 g/mol. The van der Waals surface area contributed by atoms with E-state index in [0.717, 1.165) is 6.29 Å².